The summed E-state index contributed by atoms with van der Waals surface area (Å²) in [5, 5.41) is 4.32. The quantitative estimate of drug-likeness (QED) is 0.842. The number of likely N-dealkylation sites (tertiary alicyclic amines) is 1. The third kappa shape index (κ3) is 4.43. The van der Waals surface area contributed by atoms with Gasteiger partial charge >= 0.3 is 0 Å². The van der Waals surface area contributed by atoms with Gasteiger partial charge in [-0.1, -0.05) is 6.42 Å². The van der Waals surface area contributed by atoms with Crippen LogP contribution in [0.15, 0.2) is 29.3 Å². The summed E-state index contributed by atoms with van der Waals surface area (Å²) in [6.45, 7) is 5.69. The lowest BCUT2D eigenvalue weighted by atomic mass is 9.98. The van der Waals surface area contributed by atoms with E-state index in [0.717, 1.165) is 25.2 Å². The summed E-state index contributed by atoms with van der Waals surface area (Å²) >= 11 is 0. The van der Waals surface area contributed by atoms with Crippen LogP contribution in [0, 0.1) is 6.92 Å². The highest BCUT2D eigenvalue weighted by Gasteiger charge is 2.38. The Morgan fingerprint density at radius 2 is 2.03 bits per heavy atom. The first kappa shape index (κ1) is 19.8. The maximum atomic E-state index is 13.4. The smallest absolute Gasteiger partial charge is 0.254 e. The second-order valence-electron chi connectivity index (χ2n) is 8.08. The number of amides is 1. The van der Waals surface area contributed by atoms with Crippen molar-refractivity contribution in [2.45, 2.75) is 38.3 Å². The number of aromatic amines is 1. The summed E-state index contributed by atoms with van der Waals surface area (Å²) < 4.78 is 7.93. The first-order valence-electron chi connectivity index (χ1n) is 10.4. The number of H-pyrrole nitrogens is 1. The van der Waals surface area contributed by atoms with E-state index in [0.29, 0.717) is 24.4 Å². The molecule has 4 rings (SSSR count). The number of piperidine rings is 1. The predicted molar refractivity (Wildman–Crippen MR) is 109 cm³/mol. The number of pyridine rings is 1. The van der Waals surface area contributed by atoms with E-state index < -0.39 is 0 Å². The van der Waals surface area contributed by atoms with Gasteiger partial charge < -0.3 is 19.5 Å². The van der Waals surface area contributed by atoms with Gasteiger partial charge in [-0.25, -0.2) is 0 Å². The van der Waals surface area contributed by atoms with Gasteiger partial charge in [0.25, 0.3) is 5.91 Å². The molecule has 2 aromatic heterocycles. The van der Waals surface area contributed by atoms with E-state index in [1.165, 1.54) is 25.3 Å². The summed E-state index contributed by atoms with van der Waals surface area (Å²) in [6, 6.07) is 2.88. The van der Waals surface area contributed by atoms with Crippen molar-refractivity contribution in [3.63, 3.8) is 0 Å². The lowest BCUT2D eigenvalue weighted by Gasteiger charge is -2.43. The van der Waals surface area contributed by atoms with Crippen LogP contribution in [0.2, 0.25) is 0 Å². The number of hydrogen-bond donors (Lipinski definition) is 1. The van der Waals surface area contributed by atoms with Crippen molar-refractivity contribution in [3.05, 3.63) is 51.7 Å². The first-order chi connectivity index (χ1) is 14.0. The molecule has 156 valence electrons. The third-order valence-corrected chi connectivity index (χ3v) is 5.79. The molecule has 0 radical (unpaired) electrons. The number of hydrogen-bond acceptors (Lipinski definition) is 5. The zero-order chi connectivity index (χ0) is 20.4. The summed E-state index contributed by atoms with van der Waals surface area (Å²) in [6.07, 6.45) is 7.33. The maximum Gasteiger partial charge on any atom is 0.254 e. The molecule has 2 atom stereocenters. The fourth-order valence-electron chi connectivity index (χ4n) is 4.47. The van der Waals surface area contributed by atoms with Crippen LogP contribution in [0.5, 0.6) is 0 Å². The van der Waals surface area contributed by atoms with Gasteiger partial charge in [-0.3, -0.25) is 14.3 Å². The average molecular weight is 399 g/mol. The molecule has 2 aromatic rings. The van der Waals surface area contributed by atoms with Crippen molar-refractivity contribution in [2.24, 2.45) is 7.05 Å². The first-order valence-corrected chi connectivity index (χ1v) is 10.4. The van der Waals surface area contributed by atoms with Crippen molar-refractivity contribution in [2.75, 3.05) is 32.8 Å². The second kappa shape index (κ2) is 8.51. The molecule has 29 heavy (non-hydrogen) atoms. The van der Waals surface area contributed by atoms with Gasteiger partial charge in [-0.05, 0) is 38.9 Å². The number of aromatic nitrogens is 3. The van der Waals surface area contributed by atoms with Crippen LogP contribution < -0.4 is 5.56 Å². The molecule has 4 heterocycles. The lowest BCUT2D eigenvalue weighted by Crippen LogP contribution is -2.52. The van der Waals surface area contributed by atoms with Crippen molar-refractivity contribution in [1.29, 1.82) is 0 Å². The van der Waals surface area contributed by atoms with Gasteiger partial charge in [0.2, 0.25) is 5.56 Å². The van der Waals surface area contributed by atoms with Crippen LogP contribution in [-0.2, 0) is 11.8 Å². The normalized spacial score (nSPS) is 23.3. The Bertz CT molecular complexity index is 915. The van der Waals surface area contributed by atoms with E-state index in [1.807, 2.05) is 24.3 Å². The fraction of sp³-hybridized carbons (Fsp3) is 0.571. The molecule has 1 amide bonds. The number of aryl methyl sites for hydroxylation is 2. The van der Waals surface area contributed by atoms with E-state index >= 15 is 0 Å². The molecule has 8 heteroatoms. The Hall–Kier alpha value is -2.45. The van der Waals surface area contributed by atoms with E-state index in [2.05, 4.69) is 15.0 Å². The number of rotatable bonds is 4. The van der Waals surface area contributed by atoms with Gasteiger partial charge in [-0.15, -0.1) is 0 Å². The van der Waals surface area contributed by atoms with Gasteiger partial charge in [0.05, 0.1) is 24.9 Å². The maximum absolute atomic E-state index is 13.4. The molecule has 2 aliphatic rings. The van der Waals surface area contributed by atoms with Crippen LogP contribution in [0.1, 0.15) is 46.9 Å². The van der Waals surface area contributed by atoms with Gasteiger partial charge in [-0.2, -0.15) is 5.10 Å². The van der Waals surface area contributed by atoms with Crippen molar-refractivity contribution < 1.29 is 9.53 Å². The van der Waals surface area contributed by atoms with Crippen molar-refractivity contribution in [3.8, 4) is 0 Å². The Kier molecular flexibility index (Phi) is 5.82. The number of nitrogens with zero attached hydrogens (tertiary/aromatic N) is 4. The minimum atomic E-state index is -0.260. The standard InChI is InChI=1S/C21H29N5O3/c1-15-10-16(11-19(27)23-15)21(28)26-8-9-29-18(14-25-6-4-3-5-7-25)20(26)17-12-22-24(2)13-17/h10-13,18,20H,3-9,14H2,1-2H3,(H,23,27)/t18-,20-/m0/s1. The summed E-state index contributed by atoms with van der Waals surface area (Å²) in [7, 11) is 1.87. The molecule has 0 saturated carbocycles. The molecule has 2 aliphatic heterocycles. The highest BCUT2D eigenvalue weighted by molar-refractivity contribution is 5.94. The van der Waals surface area contributed by atoms with Gasteiger partial charge in [0, 0.05) is 49.2 Å². The molecular weight excluding hydrogens is 370 g/mol. The molecule has 0 spiro atoms. The minimum absolute atomic E-state index is 0.127. The average Bonchev–Trinajstić information content (AvgIpc) is 3.13. The fourth-order valence-corrected chi connectivity index (χ4v) is 4.47. The summed E-state index contributed by atoms with van der Waals surface area (Å²) in [4.78, 5) is 32.3. The predicted octanol–water partition coefficient (Wildman–Crippen LogP) is 1.49. The Morgan fingerprint density at radius 1 is 1.24 bits per heavy atom. The van der Waals surface area contributed by atoms with Crippen LogP contribution in [0.25, 0.3) is 0 Å². The van der Waals surface area contributed by atoms with Crippen molar-refractivity contribution >= 4 is 5.91 Å². The molecular formula is C21H29N5O3. The number of nitrogens with one attached hydrogen (secondary N) is 1. The monoisotopic (exact) mass is 399 g/mol. The van der Waals surface area contributed by atoms with E-state index in [9.17, 15) is 9.59 Å². The molecule has 0 unspecified atom stereocenters. The highest BCUT2D eigenvalue weighted by atomic mass is 16.5. The van der Waals surface area contributed by atoms with Crippen LogP contribution in [0.4, 0.5) is 0 Å². The molecule has 1 N–H and O–H groups in total. The van der Waals surface area contributed by atoms with Crippen LogP contribution >= 0.6 is 0 Å². The number of carbonyl (C=O) groups excluding carboxylic acids is 1. The van der Waals surface area contributed by atoms with Gasteiger partial charge in [0.15, 0.2) is 0 Å². The van der Waals surface area contributed by atoms with Crippen LogP contribution in [-0.4, -0.2) is 69.4 Å². The topological polar surface area (TPSA) is 83.5 Å². The number of morpholine rings is 1. The Balaban J connectivity index is 1.64. The highest BCUT2D eigenvalue weighted by Crippen LogP contribution is 2.31. The summed E-state index contributed by atoms with van der Waals surface area (Å²) in [5.41, 5.74) is 1.80. The molecule has 2 fully saturated rings. The van der Waals surface area contributed by atoms with Gasteiger partial charge in [0.1, 0.15) is 0 Å². The zero-order valence-electron chi connectivity index (χ0n) is 17.1. The van der Waals surface area contributed by atoms with Crippen LogP contribution in [0.3, 0.4) is 0 Å². The van der Waals surface area contributed by atoms with E-state index in [4.69, 9.17) is 4.74 Å². The molecule has 8 nitrogen and oxygen atoms in total. The Labute approximate surface area is 170 Å². The Morgan fingerprint density at radius 3 is 2.72 bits per heavy atom. The van der Waals surface area contributed by atoms with E-state index in [-0.39, 0.29) is 23.6 Å². The molecule has 2 saturated heterocycles. The molecule has 0 aromatic carbocycles. The minimum Gasteiger partial charge on any atom is -0.373 e. The SMILES string of the molecule is Cc1cc(C(=O)N2CCO[C@@H](CN3CCCCC3)[C@@H]2c2cnn(C)c2)cc(=O)[nH]1. The van der Waals surface area contributed by atoms with Crippen molar-refractivity contribution in [1.82, 2.24) is 24.6 Å². The third-order valence-electron chi connectivity index (χ3n) is 5.79. The molecule has 0 aliphatic carbocycles. The number of carbonyl (C=O) groups is 1. The zero-order valence-corrected chi connectivity index (χ0v) is 17.1. The number of ether oxygens (including phenoxy) is 1. The second-order valence-corrected chi connectivity index (χ2v) is 8.08. The molecule has 0 bridgehead atoms. The summed E-state index contributed by atoms with van der Waals surface area (Å²) in [5.74, 6) is -0.139. The lowest BCUT2D eigenvalue weighted by molar-refractivity contribution is -0.0741. The van der Waals surface area contributed by atoms with E-state index in [1.54, 1.807) is 17.7 Å². The largest absolute Gasteiger partial charge is 0.373 e.